The SMILES string of the molecule is N=C(N=C(N=Cc1ccccc1)c1cccc(-c2ccccc2)c1)c1ccc2oc3ccccc3c2c1. The van der Waals surface area contributed by atoms with Crippen LogP contribution in [0.2, 0.25) is 0 Å². The smallest absolute Gasteiger partial charge is 0.161 e. The highest BCUT2D eigenvalue weighted by atomic mass is 16.3. The number of fused-ring (bicyclic) bond motifs is 3. The maximum atomic E-state index is 8.85. The van der Waals surface area contributed by atoms with E-state index in [0.717, 1.165) is 44.2 Å². The van der Waals surface area contributed by atoms with Gasteiger partial charge in [-0.25, -0.2) is 9.98 Å². The molecule has 0 spiro atoms. The summed E-state index contributed by atoms with van der Waals surface area (Å²) in [5.74, 6) is 0.612. The number of benzene rings is 5. The summed E-state index contributed by atoms with van der Waals surface area (Å²) in [4.78, 5) is 9.44. The summed E-state index contributed by atoms with van der Waals surface area (Å²) in [5, 5.41) is 10.8. The number of hydrogen-bond donors (Lipinski definition) is 1. The summed E-state index contributed by atoms with van der Waals surface area (Å²) in [6.07, 6.45) is 1.79. The van der Waals surface area contributed by atoms with Gasteiger partial charge in [-0.3, -0.25) is 5.41 Å². The Morgan fingerprint density at radius 3 is 2.14 bits per heavy atom. The predicted octanol–water partition coefficient (Wildman–Crippen LogP) is 8.14. The van der Waals surface area contributed by atoms with Crippen LogP contribution in [0.5, 0.6) is 0 Å². The van der Waals surface area contributed by atoms with Gasteiger partial charge in [-0.1, -0.05) is 97.1 Å². The molecule has 0 atom stereocenters. The van der Waals surface area contributed by atoms with Gasteiger partial charge >= 0.3 is 0 Å². The number of rotatable bonds is 4. The van der Waals surface area contributed by atoms with Gasteiger partial charge in [0.2, 0.25) is 0 Å². The van der Waals surface area contributed by atoms with E-state index in [1.165, 1.54) is 0 Å². The van der Waals surface area contributed by atoms with E-state index in [1.807, 2.05) is 103 Å². The van der Waals surface area contributed by atoms with Crippen molar-refractivity contribution in [2.45, 2.75) is 0 Å². The van der Waals surface area contributed by atoms with Crippen LogP contribution in [0.15, 0.2) is 142 Å². The molecule has 176 valence electrons. The van der Waals surface area contributed by atoms with Crippen LogP contribution in [0.3, 0.4) is 0 Å². The second-order valence-electron chi connectivity index (χ2n) is 8.71. The van der Waals surface area contributed by atoms with E-state index in [0.29, 0.717) is 11.4 Å². The number of nitrogens with one attached hydrogen (secondary N) is 1. The van der Waals surface area contributed by atoms with Crippen molar-refractivity contribution in [1.29, 1.82) is 5.41 Å². The second kappa shape index (κ2) is 9.88. The molecule has 6 aromatic rings. The molecule has 1 heterocycles. The maximum Gasteiger partial charge on any atom is 0.161 e. The monoisotopic (exact) mass is 477 g/mol. The molecule has 6 rings (SSSR count). The summed E-state index contributed by atoms with van der Waals surface area (Å²) < 4.78 is 5.95. The van der Waals surface area contributed by atoms with Crippen LogP contribution in [0.4, 0.5) is 0 Å². The van der Waals surface area contributed by atoms with Gasteiger partial charge in [-0.2, -0.15) is 0 Å². The van der Waals surface area contributed by atoms with Gasteiger partial charge in [0.05, 0.1) is 0 Å². The van der Waals surface area contributed by atoms with Gasteiger partial charge in [-0.15, -0.1) is 0 Å². The van der Waals surface area contributed by atoms with Crippen LogP contribution in [-0.2, 0) is 0 Å². The fourth-order valence-electron chi connectivity index (χ4n) is 4.36. The van der Waals surface area contributed by atoms with Crippen molar-refractivity contribution in [1.82, 2.24) is 0 Å². The fraction of sp³-hybridized carbons (Fsp3) is 0. The number of amidine groups is 2. The first-order valence-corrected chi connectivity index (χ1v) is 12.1. The molecule has 37 heavy (non-hydrogen) atoms. The standard InChI is InChI=1S/C33H23N3O/c34-32(26-18-19-31-29(21-26)28-16-7-8-17-30(28)37-31)36-33(35-22-23-10-3-1-4-11-23)27-15-9-14-25(20-27)24-12-5-2-6-13-24/h1-22,34H. The quantitative estimate of drug-likeness (QED) is 0.202. The highest BCUT2D eigenvalue weighted by Gasteiger charge is 2.11. The van der Waals surface area contributed by atoms with Gasteiger partial charge < -0.3 is 4.42 Å². The first-order chi connectivity index (χ1) is 18.2. The van der Waals surface area contributed by atoms with Crippen molar-refractivity contribution in [2.75, 3.05) is 0 Å². The third-order valence-electron chi connectivity index (χ3n) is 6.23. The van der Waals surface area contributed by atoms with Crippen LogP contribution < -0.4 is 0 Å². The number of para-hydroxylation sites is 1. The minimum absolute atomic E-state index is 0.137. The zero-order valence-electron chi connectivity index (χ0n) is 20.0. The molecular formula is C33H23N3O. The zero-order chi connectivity index (χ0) is 25.0. The lowest BCUT2D eigenvalue weighted by molar-refractivity contribution is 0.669. The Labute approximate surface area is 214 Å². The van der Waals surface area contributed by atoms with Crippen LogP contribution in [0.1, 0.15) is 16.7 Å². The molecule has 0 aliphatic heterocycles. The van der Waals surface area contributed by atoms with Crippen LogP contribution >= 0.6 is 0 Å². The summed E-state index contributed by atoms with van der Waals surface area (Å²) in [6, 6.07) is 41.9. The van der Waals surface area contributed by atoms with E-state index >= 15 is 0 Å². The van der Waals surface area contributed by atoms with E-state index in [2.05, 4.69) is 24.3 Å². The largest absolute Gasteiger partial charge is 0.456 e. The lowest BCUT2D eigenvalue weighted by atomic mass is 10.0. The maximum absolute atomic E-state index is 8.85. The molecule has 1 N–H and O–H groups in total. The van der Waals surface area contributed by atoms with Gasteiger partial charge in [0.1, 0.15) is 11.2 Å². The molecule has 0 radical (unpaired) electrons. The molecule has 0 aliphatic carbocycles. The summed E-state index contributed by atoms with van der Waals surface area (Å²) >= 11 is 0. The lowest BCUT2D eigenvalue weighted by Crippen LogP contribution is -2.05. The molecule has 0 bridgehead atoms. The van der Waals surface area contributed by atoms with Gasteiger partial charge in [0, 0.05) is 28.1 Å². The summed E-state index contributed by atoms with van der Waals surface area (Å²) in [6.45, 7) is 0. The first kappa shape index (κ1) is 22.4. The Kier molecular flexibility index (Phi) is 5.97. The molecule has 0 saturated carbocycles. The lowest BCUT2D eigenvalue weighted by Gasteiger charge is -2.07. The van der Waals surface area contributed by atoms with Crippen molar-refractivity contribution < 1.29 is 4.42 Å². The average molecular weight is 478 g/mol. The van der Waals surface area contributed by atoms with Crippen LogP contribution in [0, 0.1) is 5.41 Å². The van der Waals surface area contributed by atoms with Crippen molar-refractivity contribution in [3.63, 3.8) is 0 Å². The molecule has 0 saturated heterocycles. The van der Waals surface area contributed by atoms with Gasteiger partial charge in [-0.05, 0) is 47.0 Å². The first-order valence-electron chi connectivity index (χ1n) is 12.1. The Morgan fingerprint density at radius 2 is 1.30 bits per heavy atom. The minimum Gasteiger partial charge on any atom is -0.456 e. The molecular weight excluding hydrogens is 454 g/mol. The summed E-state index contributed by atoms with van der Waals surface area (Å²) in [5.41, 5.74) is 6.31. The van der Waals surface area contributed by atoms with Crippen LogP contribution in [0.25, 0.3) is 33.1 Å². The van der Waals surface area contributed by atoms with Crippen molar-refractivity contribution >= 4 is 39.8 Å². The van der Waals surface area contributed by atoms with E-state index in [9.17, 15) is 0 Å². The molecule has 0 fully saturated rings. The average Bonchev–Trinajstić information content (AvgIpc) is 3.34. The van der Waals surface area contributed by atoms with Crippen LogP contribution in [-0.4, -0.2) is 17.9 Å². The Balaban J connectivity index is 1.42. The Morgan fingerprint density at radius 1 is 0.595 bits per heavy atom. The molecule has 0 aliphatic rings. The number of nitrogens with zero attached hydrogens (tertiary/aromatic N) is 2. The minimum atomic E-state index is 0.137. The second-order valence-corrected chi connectivity index (χ2v) is 8.71. The highest BCUT2D eigenvalue weighted by Crippen LogP contribution is 2.29. The van der Waals surface area contributed by atoms with Crippen molar-refractivity contribution in [3.8, 4) is 11.1 Å². The van der Waals surface area contributed by atoms with E-state index in [4.69, 9.17) is 19.8 Å². The highest BCUT2D eigenvalue weighted by molar-refractivity contribution is 6.15. The normalized spacial score (nSPS) is 11.9. The number of aliphatic imine (C=N–C) groups is 2. The topological polar surface area (TPSA) is 61.7 Å². The molecule has 4 heteroatoms. The predicted molar refractivity (Wildman–Crippen MR) is 153 cm³/mol. The zero-order valence-corrected chi connectivity index (χ0v) is 20.0. The van der Waals surface area contributed by atoms with Crippen molar-refractivity contribution in [2.24, 2.45) is 9.98 Å². The van der Waals surface area contributed by atoms with E-state index < -0.39 is 0 Å². The fourth-order valence-corrected chi connectivity index (χ4v) is 4.36. The molecule has 5 aromatic carbocycles. The van der Waals surface area contributed by atoms with Crippen molar-refractivity contribution in [3.05, 3.63) is 144 Å². The third-order valence-corrected chi connectivity index (χ3v) is 6.23. The summed E-state index contributed by atoms with van der Waals surface area (Å²) in [7, 11) is 0. The Bertz CT molecular complexity index is 1780. The third kappa shape index (κ3) is 4.73. The molecule has 4 nitrogen and oxygen atoms in total. The number of hydrogen-bond acceptors (Lipinski definition) is 2. The molecule has 1 aromatic heterocycles. The van der Waals surface area contributed by atoms with Gasteiger partial charge in [0.25, 0.3) is 0 Å². The van der Waals surface area contributed by atoms with Gasteiger partial charge in [0.15, 0.2) is 11.7 Å². The Hall–Kier alpha value is -5.09. The van der Waals surface area contributed by atoms with E-state index in [-0.39, 0.29) is 5.84 Å². The van der Waals surface area contributed by atoms with E-state index in [1.54, 1.807) is 6.21 Å². The number of furan rings is 1. The molecule has 0 amide bonds. The molecule has 0 unspecified atom stereocenters.